The van der Waals surface area contributed by atoms with Crippen LogP contribution in [-0.2, 0) is 16.4 Å². The van der Waals surface area contributed by atoms with E-state index >= 15 is 0 Å². The van der Waals surface area contributed by atoms with Crippen LogP contribution in [-0.4, -0.2) is 31.0 Å². The maximum absolute atomic E-state index is 12.8. The Balaban J connectivity index is 2.23. The molecule has 4 nitrogen and oxygen atoms in total. The van der Waals surface area contributed by atoms with Crippen LogP contribution in [0.5, 0.6) is 0 Å². The third kappa shape index (κ3) is 4.53. The molecule has 26 heavy (non-hydrogen) atoms. The average molecular weight is 369 g/mol. The molecule has 2 rings (SSSR count). The highest BCUT2D eigenvalue weighted by Crippen LogP contribution is 2.18. The van der Waals surface area contributed by atoms with Crippen molar-refractivity contribution in [2.75, 3.05) is 6.54 Å². The summed E-state index contributed by atoms with van der Waals surface area (Å²) < 4.78 is 24.4. The molecule has 0 saturated heterocycles. The lowest BCUT2D eigenvalue weighted by molar-refractivity contribution is 0.0765. The van der Waals surface area contributed by atoms with Crippen LogP contribution in [0.25, 0.3) is 0 Å². The molecule has 0 aliphatic heterocycles. The van der Waals surface area contributed by atoms with Gasteiger partial charge in [0.25, 0.3) is 5.91 Å². The molecule has 0 bridgehead atoms. The molecule has 5 heteroatoms. The number of carbonyl (C=O) groups is 1. The van der Waals surface area contributed by atoms with E-state index in [-0.39, 0.29) is 17.3 Å². The third-order valence-corrected chi connectivity index (χ3v) is 6.28. The van der Waals surface area contributed by atoms with E-state index in [9.17, 15) is 13.2 Å². The van der Waals surface area contributed by atoms with Gasteiger partial charge < -0.3 is 4.90 Å². The highest BCUT2D eigenvalue weighted by atomic mass is 32.2. The summed E-state index contributed by atoms with van der Waals surface area (Å²) in [6, 6.07) is 13.9. The molecule has 2 aromatic rings. The van der Waals surface area contributed by atoms with Crippen LogP contribution in [0.4, 0.5) is 0 Å². The van der Waals surface area contributed by atoms with Gasteiger partial charge >= 0.3 is 0 Å². The SMILES string of the molecule is C#CCN(Cc1ccc(C)cc1)C(=O)c1ccc(S(=O)(=O)C(C)C)cc1. The van der Waals surface area contributed by atoms with Gasteiger partial charge in [-0.25, -0.2) is 8.42 Å². The smallest absolute Gasteiger partial charge is 0.254 e. The molecule has 1 amide bonds. The summed E-state index contributed by atoms with van der Waals surface area (Å²) in [4.78, 5) is 14.6. The first-order valence-electron chi connectivity index (χ1n) is 8.38. The molecular weight excluding hydrogens is 346 g/mol. The fourth-order valence-corrected chi connectivity index (χ4v) is 3.53. The van der Waals surface area contributed by atoms with Gasteiger partial charge in [-0.2, -0.15) is 0 Å². The number of benzene rings is 2. The molecule has 0 aliphatic carbocycles. The number of terminal acetylenes is 1. The van der Waals surface area contributed by atoms with Crippen LogP contribution in [0.2, 0.25) is 0 Å². The highest BCUT2D eigenvalue weighted by Gasteiger charge is 2.20. The minimum absolute atomic E-state index is 0.179. The molecule has 0 saturated carbocycles. The molecule has 0 heterocycles. The minimum Gasteiger partial charge on any atom is -0.323 e. The predicted molar refractivity (Wildman–Crippen MR) is 104 cm³/mol. The van der Waals surface area contributed by atoms with Crippen molar-refractivity contribution in [3.8, 4) is 12.3 Å². The van der Waals surface area contributed by atoms with Crippen molar-refractivity contribution in [3.05, 3.63) is 65.2 Å². The van der Waals surface area contributed by atoms with E-state index in [1.54, 1.807) is 18.7 Å². The zero-order valence-electron chi connectivity index (χ0n) is 15.3. The number of hydrogen-bond acceptors (Lipinski definition) is 3. The van der Waals surface area contributed by atoms with Crippen LogP contribution in [0.3, 0.4) is 0 Å². The van der Waals surface area contributed by atoms with Crippen LogP contribution < -0.4 is 0 Å². The molecule has 0 spiro atoms. The first-order chi connectivity index (χ1) is 12.3. The lowest BCUT2D eigenvalue weighted by Gasteiger charge is -2.21. The summed E-state index contributed by atoms with van der Waals surface area (Å²) in [5, 5.41) is -0.511. The maximum atomic E-state index is 12.8. The van der Waals surface area contributed by atoms with Gasteiger partial charge in [0.15, 0.2) is 9.84 Å². The van der Waals surface area contributed by atoms with E-state index in [1.807, 2.05) is 31.2 Å². The zero-order chi connectivity index (χ0) is 19.3. The van der Waals surface area contributed by atoms with E-state index in [2.05, 4.69) is 5.92 Å². The average Bonchev–Trinajstić information content (AvgIpc) is 2.62. The molecular formula is C21H23NO3S. The molecule has 0 unspecified atom stereocenters. The second-order valence-corrected chi connectivity index (χ2v) is 8.97. The van der Waals surface area contributed by atoms with Gasteiger partial charge in [0.1, 0.15) is 0 Å². The van der Waals surface area contributed by atoms with Crippen molar-refractivity contribution < 1.29 is 13.2 Å². The number of carbonyl (C=O) groups excluding carboxylic acids is 1. The Hall–Kier alpha value is -2.58. The third-order valence-electron chi connectivity index (χ3n) is 4.11. The Morgan fingerprint density at radius 2 is 1.65 bits per heavy atom. The second-order valence-electron chi connectivity index (χ2n) is 6.47. The van der Waals surface area contributed by atoms with Gasteiger partial charge in [0, 0.05) is 12.1 Å². The Labute approximate surface area is 155 Å². The number of amides is 1. The lowest BCUT2D eigenvalue weighted by Crippen LogP contribution is -2.31. The maximum Gasteiger partial charge on any atom is 0.254 e. The lowest BCUT2D eigenvalue weighted by atomic mass is 10.1. The molecule has 136 valence electrons. The standard InChI is InChI=1S/C21H23NO3S/c1-5-14-22(15-18-8-6-17(4)7-9-18)21(23)19-10-12-20(13-11-19)26(24,25)16(2)3/h1,6-13,16H,14-15H2,2-4H3. The molecule has 2 aromatic carbocycles. The monoisotopic (exact) mass is 369 g/mol. The summed E-state index contributed by atoms with van der Waals surface area (Å²) in [5.41, 5.74) is 2.54. The van der Waals surface area contributed by atoms with Crippen LogP contribution in [0.1, 0.15) is 35.3 Å². The van der Waals surface area contributed by atoms with Crippen molar-refractivity contribution in [2.24, 2.45) is 0 Å². The van der Waals surface area contributed by atoms with Gasteiger partial charge in [0.05, 0.1) is 16.7 Å². The Kier molecular flexibility index (Phi) is 6.23. The molecule has 0 fully saturated rings. The van der Waals surface area contributed by atoms with Crippen molar-refractivity contribution >= 4 is 15.7 Å². The number of sulfone groups is 1. The van der Waals surface area contributed by atoms with Crippen molar-refractivity contribution in [1.29, 1.82) is 0 Å². The number of hydrogen-bond donors (Lipinski definition) is 0. The van der Waals surface area contributed by atoms with E-state index in [0.29, 0.717) is 12.1 Å². The molecule has 0 atom stereocenters. The van der Waals surface area contributed by atoms with Crippen LogP contribution >= 0.6 is 0 Å². The van der Waals surface area contributed by atoms with Gasteiger partial charge in [-0.15, -0.1) is 6.42 Å². The minimum atomic E-state index is -3.36. The van der Waals surface area contributed by atoms with Gasteiger partial charge in [-0.1, -0.05) is 35.7 Å². The first-order valence-corrected chi connectivity index (χ1v) is 9.92. The summed E-state index contributed by atoms with van der Waals surface area (Å²) in [6.45, 7) is 5.84. The Morgan fingerprint density at radius 3 is 2.15 bits per heavy atom. The summed E-state index contributed by atoms with van der Waals surface area (Å²) in [7, 11) is -3.36. The van der Waals surface area contributed by atoms with Crippen molar-refractivity contribution in [1.82, 2.24) is 4.90 Å². The fourth-order valence-electron chi connectivity index (χ4n) is 2.47. The van der Waals surface area contributed by atoms with E-state index < -0.39 is 15.1 Å². The Bertz CT molecular complexity index is 905. The number of rotatable bonds is 6. The van der Waals surface area contributed by atoms with Gasteiger partial charge in [0.2, 0.25) is 0 Å². The largest absolute Gasteiger partial charge is 0.323 e. The van der Waals surface area contributed by atoms with Crippen molar-refractivity contribution in [2.45, 2.75) is 37.5 Å². The normalized spacial score (nSPS) is 11.2. The van der Waals surface area contributed by atoms with E-state index in [4.69, 9.17) is 6.42 Å². The summed E-state index contributed by atoms with van der Waals surface area (Å²) in [5.74, 6) is 2.28. The van der Waals surface area contributed by atoms with Crippen molar-refractivity contribution in [3.63, 3.8) is 0 Å². The van der Waals surface area contributed by atoms with Crippen LogP contribution in [0, 0.1) is 19.3 Å². The highest BCUT2D eigenvalue weighted by molar-refractivity contribution is 7.92. The first kappa shape index (κ1) is 19.7. The molecule has 0 aliphatic rings. The Morgan fingerprint density at radius 1 is 1.08 bits per heavy atom. The number of aryl methyl sites for hydroxylation is 1. The van der Waals surface area contributed by atoms with Crippen LogP contribution in [0.15, 0.2) is 53.4 Å². The summed E-state index contributed by atoms with van der Waals surface area (Å²) >= 11 is 0. The fraction of sp³-hybridized carbons (Fsp3) is 0.286. The molecule has 0 N–H and O–H groups in total. The van der Waals surface area contributed by atoms with E-state index in [0.717, 1.165) is 11.1 Å². The molecule has 0 aromatic heterocycles. The summed E-state index contributed by atoms with van der Waals surface area (Å²) in [6.07, 6.45) is 5.41. The molecule has 0 radical (unpaired) electrons. The van der Waals surface area contributed by atoms with Gasteiger partial charge in [-0.05, 0) is 50.6 Å². The topological polar surface area (TPSA) is 54.5 Å². The van der Waals surface area contributed by atoms with E-state index in [1.165, 1.54) is 24.3 Å². The van der Waals surface area contributed by atoms with Gasteiger partial charge in [-0.3, -0.25) is 4.79 Å². The predicted octanol–water partition coefficient (Wildman–Crippen LogP) is 3.45. The zero-order valence-corrected chi connectivity index (χ0v) is 16.1. The quantitative estimate of drug-likeness (QED) is 0.733. The second kappa shape index (κ2) is 8.20. The number of nitrogens with zero attached hydrogens (tertiary/aromatic N) is 1.